The molecular weight excluding hydrogens is 392 g/mol. The number of methoxy groups -OCH3 is 1. The first kappa shape index (κ1) is 20.7. The number of rotatable bonds is 5. The van der Waals surface area contributed by atoms with Crippen molar-refractivity contribution in [3.8, 4) is 0 Å². The molecule has 27 heavy (non-hydrogen) atoms. The number of nitrogens with one attached hydrogen (secondary N) is 2. The molecule has 0 aliphatic carbocycles. The second-order valence-corrected chi connectivity index (χ2v) is 5.73. The van der Waals surface area contributed by atoms with Crippen LogP contribution in [0.2, 0.25) is 5.02 Å². The third-order valence-electron chi connectivity index (χ3n) is 3.40. The van der Waals surface area contributed by atoms with E-state index in [0.29, 0.717) is 17.8 Å². The number of halogens is 5. The molecule has 10 heteroatoms. The normalized spacial score (nSPS) is 13.6. The average molecular weight is 405 g/mol. The lowest BCUT2D eigenvalue weighted by molar-refractivity contribution is -0.305. The van der Waals surface area contributed by atoms with Crippen molar-refractivity contribution >= 4 is 34.8 Å². The minimum Gasteiger partial charge on any atom is -0.335 e. The van der Waals surface area contributed by atoms with Gasteiger partial charge in [-0.15, -0.1) is 0 Å². The molecule has 0 heterocycles. The molecule has 0 aliphatic rings. The highest BCUT2D eigenvalue weighted by molar-refractivity contribution is 6.31. The number of benzene rings is 2. The van der Waals surface area contributed by atoms with E-state index in [1.807, 2.05) is 0 Å². The maximum atomic E-state index is 13.8. The van der Waals surface area contributed by atoms with Crippen LogP contribution < -0.4 is 10.6 Å². The number of amides is 2. The number of carbonyl (C=O) groups is 2. The summed E-state index contributed by atoms with van der Waals surface area (Å²) in [5.41, 5.74) is 0.185. The molecule has 0 fully saturated rings. The van der Waals surface area contributed by atoms with Gasteiger partial charge in [-0.25, -0.2) is 0 Å². The Bertz CT molecular complexity index is 860. The van der Waals surface area contributed by atoms with Gasteiger partial charge in [0.15, 0.2) is 0 Å². The Labute approximate surface area is 156 Å². The molecule has 0 spiro atoms. The van der Waals surface area contributed by atoms with E-state index in [4.69, 9.17) is 11.6 Å². The molecule has 0 aliphatic heterocycles. The molecule has 2 rings (SSSR count). The highest BCUT2D eigenvalue weighted by Gasteiger charge is 2.63. The van der Waals surface area contributed by atoms with Gasteiger partial charge in [0.25, 0.3) is 11.8 Å². The molecule has 1 atom stereocenters. The summed E-state index contributed by atoms with van der Waals surface area (Å²) in [7, 11) is 0.419. The summed E-state index contributed by atoms with van der Waals surface area (Å²) in [6, 6.07) is 11.2. The first-order valence-electron chi connectivity index (χ1n) is 7.36. The van der Waals surface area contributed by atoms with Gasteiger partial charge in [0, 0.05) is 29.1 Å². The molecule has 2 N–H and O–H groups in total. The molecule has 5 nitrogen and oxygen atoms in total. The second kappa shape index (κ2) is 7.93. The number of carbonyl (C=O) groups excluding carboxylic acids is 2. The van der Waals surface area contributed by atoms with Crippen molar-refractivity contribution in [3.63, 3.8) is 0 Å². The van der Waals surface area contributed by atoms with E-state index in [1.54, 1.807) is 23.5 Å². The first-order valence-corrected chi connectivity index (χ1v) is 7.74. The number of anilines is 2. The van der Waals surface area contributed by atoms with E-state index in [0.717, 1.165) is 6.07 Å². The Balaban J connectivity index is 2.17. The van der Waals surface area contributed by atoms with Gasteiger partial charge in [-0.3, -0.25) is 9.59 Å². The van der Waals surface area contributed by atoms with Crippen LogP contribution in [-0.4, -0.2) is 31.0 Å². The zero-order valence-electron chi connectivity index (χ0n) is 13.7. The predicted octanol–water partition coefficient (Wildman–Crippen LogP) is 4.41. The SMILES string of the molecule is CO[C@@](F)(C(=O)Nc1cccc(C(=O)Nc2cccc(Cl)c2)c1)C(F)(F)F. The van der Waals surface area contributed by atoms with E-state index in [9.17, 15) is 27.2 Å². The van der Waals surface area contributed by atoms with Crippen LogP contribution in [0.4, 0.5) is 28.9 Å². The minimum atomic E-state index is -5.58. The van der Waals surface area contributed by atoms with E-state index >= 15 is 0 Å². The standard InChI is InChI=1S/C17H13ClF4N2O3/c1-27-16(19,17(20,21)22)15(26)24-12-6-2-4-10(8-12)14(25)23-13-7-3-5-11(18)9-13/h2-9H,1H3,(H,23,25)(H,24,26)/t16-/m0/s1. The van der Waals surface area contributed by atoms with Gasteiger partial charge >= 0.3 is 12.0 Å². The summed E-state index contributed by atoms with van der Waals surface area (Å²) in [6.45, 7) is 0. The van der Waals surface area contributed by atoms with Crippen LogP contribution in [0.5, 0.6) is 0 Å². The summed E-state index contributed by atoms with van der Waals surface area (Å²) in [5.74, 6) is -7.20. The molecule has 2 aromatic rings. The highest BCUT2D eigenvalue weighted by atomic mass is 35.5. The Morgan fingerprint density at radius 1 is 0.963 bits per heavy atom. The van der Waals surface area contributed by atoms with Crippen molar-refractivity contribution in [1.82, 2.24) is 0 Å². The quantitative estimate of drug-likeness (QED) is 0.726. The zero-order chi connectivity index (χ0) is 20.2. The maximum absolute atomic E-state index is 13.8. The van der Waals surface area contributed by atoms with E-state index in [-0.39, 0.29) is 11.3 Å². The summed E-state index contributed by atoms with van der Waals surface area (Å²) >= 11 is 5.81. The molecule has 0 saturated heterocycles. The van der Waals surface area contributed by atoms with Gasteiger partial charge in [-0.05, 0) is 36.4 Å². The van der Waals surface area contributed by atoms with Crippen molar-refractivity contribution in [2.45, 2.75) is 12.0 Å². The van der Waals surface area contributed by atoms with Gasteiger partial charge in [0.2, 0.25) is 0 Å². The van der Waals surface area contributed by atoms with Crippen LogP contribution in [0.1, 0.15) is 10.4 Å². The van der Waals surface area contributed by atoms with Gasteiger partial charge in [-0.1, -0.05) is 23.7 Å². The Hall–Kier alpha value is -2.65. The monoisotopic (exact) mass is 404 g/mol. The van der Waals surface area contributed by atoms with Crippen LogP contribution >= 0.6 is 11.6 Å². The van der Waals surface area contributed by atoms with Gasteiger partial charge in [0.1, 0.15) is 0 Å². The third-order valence-corrected chi connectivity index (χ3v) is 3.64. The number of hydrogen-bond acceptors (Lipinski definition) is 3. The molecule has 0 unspecified atom stereocenters. The van der Waals surface area contributed by atoms with Gasteiger partial charge < -0.3 is 15.4 Å². The fourth-order valence-corrected chi connectivity index (χ4v) is 2.25. The molecule has 2 aromatic carbocycles. The summed E-state index contributed by atoms with van der Waals surface area (Å²) < 4.78 is 55.7. The topological polar surface area (TPSA) is 67.4 Å². The third kappa shape index (κ3) is 4.75. The van der Waals surface area contributed by atoms with Crippen LogP contribution in [0.25, 0.3) is 0 Å². The Kier molecular flexibility index (Phi) is 6.07. The Morgan fingerprint density at radius 3 is 2.11 bits per heavy atom. The molecule has 0 saturated carbocycles. The fourth-order valence-electron chi connectivity index (χ4n) is 2.06. The number of hydrogen-bond donors (Lipinski definition) is 2. The average Bonchev–Trinajstić information content (AvgIpc) is 2.60. The lowest BCUT2D eigenvalue weighted by Gasteiger charge is -2.24. The largest absolute Gasteiger partial charge is 0.458 e. The highest BCUT2D eigenvalue weighted by Crippen LogP contribution is 2.35. The summed E-state index contributed by atoms with van der Waals surface area (Å²) in [4.78, 5) is 23.9. The number of ether oxygens (including phenoxy) is 1. The van der Waals surface area contributed by atoms with Gasteiger partial charge in [-0.2, -0.15) is 17.6 Å². The molecule has 0 radical (unpaired) electrons. The number of alkyl halides is 4. The van der Waals surface area contributed by atoms with Crippen molar-refractivity contribution in [2.24, 2.45) is 0 Å². The fraction of sp³-hybridized carbons (Fsp3) is 0.176. The molecular formula is C17H13ClF4N2O3. The zero-order valence-corrected chi connectivity index (χ0v) is 14.5. The summed E-state index contributed by atoms with van der Waals surface area (Å²) in [6.07, 6.45) is -5.58. The predicted molar refractivity (Wildman–Crippen MR) is 91.4 cm³/mol. The molecule has 0 bridgehead atoms. The molecule has 2 amide bonds. The first-order chi connectivity index (χ1) is 12.6. The lowest BCUT2D eigenvalue weighted by Crippen LogP contribution is -2.52. The van der Waals surface area contributed by atoms with Crippen LogP contribution in [-0.2, 0) is 9.53 Å². The van der Waals surface area contributed by atoms with Crippen molar-refractivity contribution in [1.29, 1.82) is 0 Å². The smallest absolute Gasteiger partial charge is 0.335 e. The van der Waals surface area contributed by atoms with Crippen LogP contribution in [0.3, 0.4) is 0 Å². The lowest BCUT2D eigenvalue weighted by atomic mass is 10.1. The van der Waals surface area contributed by atoms with Crippen molar-refractivity contribution in [2.75, 3.05) is 17.7 Å². The van der Waals surface area contributed by atoms with Crippen LogP contribution in [0.15, 0.2) is 48.5 Å². The van der Waals surface area contributed by atoms with Gasteiger partial charge in [0.05, 0.1) is 0 Å². The second-order valence-electron chi connectivity index (χ2n) is 5.30. The van der Waals surface area contributed by atoms with E-state index in [2.05, 4.69) is 10.1 Å². The molecule has 0 aromatic heterocycles. The van der Waals surface area contributed by atoms with Crippen molar-refractivity contribution < 1.29 is 31.9 Å². The van der Waals surface area contributed by atoms with E-state index in [1.165, 1.54) is 24.3 Å². The minimum absolute atomic E-state index is 0.0154. The molecule has 144 valence electrons. The van der Waals surface area contributed by atoms with Crippen molar-refractivity contribution in [3.05, 3.63) is 59.1 Å². The Morgan fingerprint density at radius 2 is 1.56 bits per heavy atom. The van der Waals surface area contributed by atoms with Crippen LogP contribution in [0, 0.1) is 0 Å². The summed E-state index contributed by atoms with van der Waals surface area (Å²) in [5, 5.41) is 4.67. The maximum Gasteiger partial charge on any atom is 0.458 e. The van der Waals surface area contributed by atoms with E-state index < -0.39 is 23.8 Å².